The van der Waals surface area contributed by atoms with E-state index in [9.17, 15) is 18.4 Å². The third-order valence-electron chi connectivity index (χ3n) is 5.42. The highest BCUT2D eigenvalue weighted by Crippen LogP contribution is 2.45. The first-order chi connectivity index (χ1) is 13.4. The molecule has 2 aromatic rings. The highest BCUT2D eigenvalue weighted by atomic mass is 19.1. The number of carbonyl (C=O) groups is 2. The molecule has 1 aliphatic rings. The van der Waals surface area contributed by atoms with Crippen LogP contribution in [0.5, 0.6) is 0 Å². The van der Waals surface area contributed by atoms with Gasteiger partial charge >= 0.3 is 0 Å². The van der Waals surface area contributed by atoms with E-state index in [4.69, 9.17) is 0 Å². The lowest BCUT2D eigenvalue weighted by molar-refractivity contribution is -0.143. The quantitative estimate of drug-likeness (QED) is 0.791. The van der Waals surface area contributed by atoms with Crippen LogP contribution in [-0.2, 0) is 21.5 Å². The van der Waals surface area contributed by atoms with E-state index in [1.54, 1.807) is 29.2 Å². The lowest BCUT2D eigenvalue weighted by atomic mass is 9.63. The maximum atomic E-state index is 13.3. The Morgan fingerprint density at radius 2 is 1.57 bits per heavy atom. The van der Waals surface area contributed by atoms with Crippen LogP contribution in [0.25, 0.3) is 0 Å². The summed E-state index contributed by atoms with van der Waals surface area (Å²) in [7, 11) is 0. The Kier molecular flexibility index (Phi) is 6.07. The van der Waals surface area contributed by atoms with Crippen molar-refractivity contribution in [2.45, 2.75) is 38.1 Å². The second-order valence-electron chi connectivity index (χ2n) is 7.17. The summed E-state index contributed by atoms with van der Waals surface area (Å²) >= 11 is 0. The largest absolute Gasteiger partial charge is 0.350 e. The van der Waals surface area contributed by atoms with Crippen molar-refractivity contribution in [1.82, 2.24) is 10.2 Å². The van der Waals surface area contributed by atoms with Gasteiger partial charge in [-0.25, -0.2) is 8.78 Å². The van der Waals surface area contributed by atoms with Crippen LogP contribution in [0.3, 0.4) is 0 Å². The van der Waals surface area contributed by atoms with Crippen LogP contribution in [0.4, 0.5) is 8.78 Å². The summed E-state index contributed by atoms with van der Waals surface area (Å²) in [5.74, 6) is -1.03. The third-order valence-corrected chi connectivity index (χ3v) is 5.42. The fourth-order valence-corrected chi connectivity index (χ4v) is 3.59. The standard InChI is InChI=1S/C22H24F2N2O2/c1-2-26(15-20(27)25-14-16-4-8-18(23)9-5-16)21(28)22(12-3-13-22)17-6-10-19(24)11-7-17/h4-11H,2-3,12-15H2,1H3,(H,25,27). The molecule has 0 radical (unpaired) electrons. The molecule has 148 valence electrons. The summed E-state index contributed by atoms with van der Waals surface area (Å²) in [4.78, 5) is 27.1. The van der Waals surface area contributed by atoms with Crippen LogP contribution in [0, 0.1) is 11.6 Å². The van der Waals surface area contributed by atoms with Gasteiger partial charge in [-0.2, -0.15) is 0 Å². The van der Waals surface area contributed by atoms with E-state index in [0.717, 1.165) is 17.5 Å². The minimum atomic E-state index is -0.666. The van der Waals surface area contributed by atoms with Crippen LogP contribution in [0.2, 0.25) is 0 Å². The molecule has 6 heteroatoms. The van der Waals surface area contributed by atoms with E-state index in [2.05, 4.69) is 5.32 Å². The molecule has 4 nitrogen and oxygen atoms in total. The van der Waals surface area contributed by atoms with Gasteiger partial charge in [-0.15, -0.1) is 0 Å². The van der Waals surface area contributed by atoms with Crippen LogP contribution in [-0.4, -0.2) is 29.8 Å². The van der Waals surface area contributed by atoms with E-state index in [0.29, 0.717) is 19.4 Å². The van der Waals surface area contributed by atoms with Gasteiger partial charge in [0.25, 0.3) is 0 Å². The Labute approximate surface area is 163 Å². The van der Waals surface area contributed by atoms with Crippen molar-refractivity contribution in [2.24, 2.45) is 0 Å². The number of carbonyl (C=O) groups excluding carboxylic acids is 2. The maximum Gasteiger partial charge on any atom is 0.239 e. The molecule has 28 heavy (non-hydrogen) atoms. The van der Waals surface area contributed by atoms with Crippen LogP contribution >= 0.6 is 0 Å². The average molecular weight is 386 g/mol. The lowest BCUT2D eigenvalue weighted by Gasteiger charge is -2.43. The molecule has 1 fully saturated rings. The normalized spacial score (nSPS) is 14.8. The molecule has 0 bridgehead atoms. The summed E-state index contributed by atoms with van der Waals surface area (Å²) in [6.07, 6.45) is 2.33. The van der Waals surface area contributed by atoms with Crippen molar-refractivity contribution in [3.8, 4) is 0 Å². The van der Waals surface area contributed by atoms with Crippen LogP contribution < -0.4 is 5.32 Å². The zero-order valence-electron chi connectivity index (χ0n) is 15.9. The Bertz CT molecular complexity index is 831. The molecule has 0 atom stereocenters. The topological polar surface area (TPSA) is 49.4 Å². The average Bonchev–Trinajstić information content (AvgIpc) is 2.66. The molecule has 0 aliphatic heterocycles. The summed E-state index contributed by atoms with van der Waals surface area (Å²) in [5, 5.41) is 2.77. The van der Waals surface area contributed by atoms with Gasteiger partial charge < -0.3 is 10.2 Å². The van der Waals surface area contributed by atoms with Crippen LogP contribution in [0.1, 0.15) is 37.3 Å². The van der Waals surface area contributed by atoms with Crippen molar-refractivity contribution in [3.63, 3.8) is 0 Å². The molecule has 1 saturated carbocycles. The number of hydrogen-bond donors (Lipinski definition) is 1. The van der Waals surface area contributed by atoms with E-state index < -0.39 is 5.41 Å². The van der Waals surface area contributed by atoms with Crippen LogP contribution in [0.15, 0.2) is 48.5 Å². The first kappa shape index (κ1) is 20.0. The van der Waals surface area contributed by atoms with E-state index in [1.165, 1.54) is 24.3 Å². The molecule has 1 aliphatic carbocycles. The van der Waals surface area contributed by atoms with Crippen molar-refractivity contribution in [1.29, 1.82) is 0 Å². The fourth-order valence-electron chi connectivity index (χ4n) is 3.59. The number of nitrogens with zero attached hydrogens (tertiary/aromatic N) is 1. The number of nitrogens with one attached hydrogen (secondary N) is 1. The van der Waals surface area contributed by atoms with Gasteiger partial charge in [-0.3, -0.25) is 9.59 Å². The number of halogens is 2. The van der Waals surface area contributed by atoms with E-state index in [-0.39, 0.29) is 36.5 Å². The SMILES string of the molecule is CCN(CC(=O)NCc1ccc(F)cc1)C(=O)C1(c2ccc(F)cc2)CCC1. The predicted octanol–water partition coefficient (Wildman–Crippen LogP) is 3.55. The molecule has 2 aromatic carbocycles. The summed E-state index contributed by atoms with van der Waals surface area (Å²) in [6, 6.07) is 12.0. The first-order valence-electron chi connectivity index (χ1n) is 9.51. The monoisotopic (exact) mass is 386 g/mol. The smallest absolute Gasteiger partial charge is 0.239 e. The number of rotatable bonds is 7. The molecule has 2 amide bonds. The predicted molar refractivity (Wildman–Crippen MR) is 102 cm³/mol. The molecular formula is C22H24F2N2O2. The summed E-state index contributed by atoms with van der Waals surface area (Å²) in [5.41, 5.74) is 0.919. The van der Waals surface area contributed by atoms with E-state index in [1.807, 2.05) is 6.92 Å². The number of likely N-dealkylation sites (N-methyl/N-ethyl adjacent to an activating group) is 1. The second-order valence-corrected chi connectivity index (χ2v) is 7.17. The van der Waals surface area contributed by atoms with Crippen molar-refractivity contribution >= 4 is 11.8 Å². The molecular weight excluding hydrogens is 362 g/mol. The molecule has 1 N–H and O–H groups in total. The number of hydrogen-bond acceptors (Lipinski definition) is 2. The Balaban J connectivity index is 1.64. The highest BCUT2D eigenvalue weighted by molar-refractivity contribution is 5.92. The number of benzene rings is 2. The Hall–Kier alpha value is -2.76. The van der Waals surface area contributed by atoms with Crippen molar-refractivity contribution in [2.75, 3.05) is 13.1 Å². The van der Waals surface area contributed by atoms with Gasteiger partial charge in [-0.1, -0.05) is 30.7 Å². The Morgan fingerprint density at radius 1 is 1.00 bits per heavy atom. The first-order valence-corrected chi connectivity index (χ1v) is 9.51. The van der Waals surface area contributed by atoms with Gasteiger partial charge in [0.05, 0.1) is 12.0 Å². The van der Waals surface area contributed by atoms with Gasteiger partial charge in [0.15, 0.2) is 0 Å². The van der Waals surface area contributed by atoms with Gasteiger partial charge in [0, 0.05) is 13.1 Å². The van der Waals surface area contributed by atoms with E-state index >= 15 is 0 Å². The lowest BCUT2D eigenvalue weighted by Crippen LogP contribution is -2.53. The molecule has 0 aromatic heterocycles. The Morgan fingerprint density at radius 3 is 2.07 bits per heavy atom. The van der Waals surface area contributed by atoms with Gasteiger partial charge in [-0.05, 0) is 55.2 Å². The maximum absolute atomic E-state index is 13.3. The molecule has 0 saturated heterocycles. The van der Waals surface area contributed by atoms with Gasteiger partial charge in [0.1, 0.15) is 11.6 Å². The third kappa shape index (κ3) is 4.21. The summed E-state index contributed by atoms with van der Waals surface area (Å²) < 4.78 is 26.2. The van der Waals surface area contributed by atoms with Crippen molar-refractivity contribution in [3.05, 3.63) is 71.3 Å². The minimum absolute atomic E-state index is 0.0422. The van der Waals surface area contributed by atoms with Gasteiger partial charge in [0.2, 0.25) is 11.8 Å². The highest BCUT2D eigenvalue weighted by Gasteiger charge is 2.47. The second kappa shape index (κ2) is 8.50. The molecule has 0 unspecified atom stereocenters. The summed E-state index contributed by atoms with van der Waals surface area (Å²) in [6.45, 7) is 2.47. The zero-order valence-corrected chi connectivity index (χ0v) is 15.9. The number of amides is 2. The zero-order chi connectivity index (χ0) is 20.1. The fraction of sp³-hybridized carbons (Fsp3) is 0.364. The molecule has 0 spiro atoms. The molecule has 0 heterocycles. The minimum Gasteiger partial charge on any atom is -0.350 e. The molecule has 3 rings (SSSR count). The van der Waals surface area contributed by atoms with Crippen molar-refractivity contribution < 1.29 is 18.4 Å².